The van der Waals surface area contributed by atoms with Crippen molar-refractivity contribution in [2.75, 3.05) is 0 Å². The van der Waals surface area contributed by atoms with Crippen LogP contribution in [0.15, 0.2) is 72.8 Å². The van der Waals surface area contributed by atoms with Crippen molar-refractivity contribution in [3.8, 4) is 0 Å². The molecule has 32 heavy (non-hydrogen) atoms. The molecule has 3 aromatic rings. The molecule has 3 aromatic carbocycles. The van der Waals surface area contributed by atoms with E-state index in [1.807, 2.05) is 0 Å². The fourth-order valence-electron chi connectivity index (χ4n) is 3.08. The zero-order chi connectivity index (χ0) is 23.9. The highest BCUT2D eigenvalue weighted by atomic mass is 31.2. The summed E-state index contributed by atoms with van der Waals surface area (Å²) in [5.74, 6) is 0. The van der Waals surface area contributed by atoms with Crippen LogP contribution in [0.3, 0.4) is 0 Å². The Bertz CT molecular complexity index is 1030. The van der Waals surface area contributed by atoms with E-state index in [2.05, 4.69) is 0 Å². The van der Waals surface area contributed by atoms with E-state index < -0.39 is 58.3 Å². The second kappa shape index (κ2) is 7.99. The van der Waals surface area contributed by atoms with E-state index in [1.165, 1.54) is 0 Å². The third kappa shape index (κ3) is 4.70. The minimum Gasteiger partial charge on any atom is -0.309 e. The van der Waals surface area contributed by atoms with Gasteiger partial charge in [-0.3, -0.25) is 0 Å². The van der Waals surface area contributed by atoms with E-state index in [0.29, 0.717) is 36.4 Å². The highest BCUT2D eigenvalue weighted by Gasteiger charge is 2.39. The van der Waals surface area contributed by atoms with Crippen LogP contribution in [-0.4, -0.2) is 0 Å². The predicted octanol–water partition coefficient (Wildman–Crippen LogP) is 6.38. The summed E-state index contributed by atoms with van der Waals surface area (Å²) in [5.41, 5.74) is -3.72. The summed E-state index contributed by atoms with van der Waals surface area (Å²) in [7, 11) is -4.57. The van der Waals surface area contributed by atoms with Crippen LogP contribution in [0.25, 0.3) is 0 Å². The van der Waals surface area contributed by atoms with Crippen molar-refractivity contribution < 1.29 is 44.1 Å². The SMILES string of the molecule is O=P(c1cccc(C(F)(F)F)c1)(c1cccc(C(F)(F)F)c1)c1cccc(C(F)(F)F)c1. The van der Waals surface area contributed by atoms with Crippen LogP contribution in [0.4, 0.5) is 39.5 Å². The highest BCUT2D eigenvalue weighted by Crippen LogP contribution is 2.45. The molecule has 0 N–H and O–H groups in total. The van der Waals surface area contributed by atoms with E-state index >= 15 is 0 Å². The Morgan fingerprint density at radius 1 is 0.469 bits per heavy atom. The molecule has 0 fully saturated rings. The molecule has 0 unspecified atom stereocenters. The number of benzene rings is 3. The minimum absolute atomic E-state index is 0.474. The molecule has 0 aliphatic heterocycles. The molecule has 1 nitrogen and oxygen atoms in total. The summed E-state index contributed by atoms with van der Waals surface area (Å²) in [5, 5.41) is -1.65. The number of hydrogen-bond donors (Lipinski definition) is 0. The van der Waals surface area contributed by atoms with Crippen LogP contribution < -0.4 is 15.9 Å². The van der Waals surface area contributed by atoms with Crippen molar-refractivity contribution in [2.24, 2.45) is 0 Å². The first kappa shape index (κ1) is 23.9. The van der Waals surface area contributed by atoms with E-state index in [0.717, 1.165) is 36.4 Å². The Morgan fingerprint density at radius 3 is 0.938 bits per heavy atom. The molecular formula is C21H12F9OP. The molecule has 0 aliphatic carbocycles. The first-order valence-electron chi connectivity index (χ1n) is 8.77. The third-order valence-corrected chi connectivity index (χ3v) is 7.63. The second-order valence-electron chi connectivity index (χ2n) is 6.75. The Balaban J connectivity index is 2.35. The van der Waals surface area contributed by atoms with Crippen molar-refractivity contribution in [1.82, 2.24) is 0 Å². The number of halogens is 9. The lowest BCUT2D eigenvalue weighted by Crippen LogP contribution is -2.27. The molecular weight excluding hydrogens is 470 g/mol. The number of alkyl halides is 9. The van der Waals surface area contributed by atoms with E-state index in [-0.39, 0.29) is 0 Å². The summed E-state index contributed by atoms with van der Waals surface area (Å²) >= 11 is 0. The molecule has 0 aromatic heterocycles. The van der Waals surface area contributed by atoms with Crippen LogP contribution in [0.1, 0.15) is 16.7 Å². The molecule has 11 heteroatoms. The van der Waals surface area contributed by atoms with Gasteiger partial charge in [-0.1, -0.05) is 36.4 Å². The first-order valence-corrected chi connectivity index (χ1v) is 10.5. The maximum absolute atomic E-state index is 14.2. The average molecular weight is 482 g/mol. The Labute approximate surface area is 175 Å². The Morgan fingerprint density at radius 2 is 0.719 bits per heavy atom. The molecule has 0 saturated heterocycles. The number of rotatable bonds is 3. The van der Waals surface area contributed by atoms with E-state index in [4.69, 9.17) is 0 Å². The lowest BCUT2D eigenvalue weighted by Gasteiger charge is -2.23. The molecule has 0 aliphatic rings. The van der Waals surface area contributed by atoms with Gasteiger partial charge >= 0.3 is 18.5 Å². The smallest absolute Gasteiger partial charge is 0.309 e. The van der Waals surface area contributed by atoms with Gasteiger partial charge in [0.25, 0.3) is 0 Å². The highest BCUT2D eigenvalue weighted by molar-refractivity contribution is 7.85. The van der Waals surface area contributed by atoms with Crippen molar-refractivity contribution in [2.45, 2.75) is 18.5 Å². The zero-order valence-electron chi connectivity index (χ0n) is 15.7. The normalized spacial score (nSPS) is 13.3. The lowest BCUT2D eigenvalue weighted by atomic mass is 10.2. The van der Waals surface area contributed by atoms with Crippen LogP contribution in [0.5, 0.6) is 0 Å². The van der Waals surface area contributed by atoms with Gasteiger partial charge in [-0.15, -0.1) is 0 Å². The van der Waals surface area contributed by atoms with Gasteiger partial charge in [0.2, 0.25) is 0 Å². The van der Waals surface area contributed by atoms with Gasteiger partial charge in [-0.05, 0) is 36.4 Å². The van der Waals surface area contributed by atoms with Crippen molar-refractivity contribution >= 4 is 23.1 Å². The molecule has 3 rings (SSSR count). The summed E-state index contributed by atoms with van der Waals surface area (Å²) < 4.78 is 133. The van der Waals surface area contributed by atoms with Gasteiger partial charge in [-0.25, -0.2) is 0 Å². The third-order valence-electron chi connectivity index (χ3n) is 4.61. The Hall–Kier alpha value is -2.74. The van der Waals surface area contributed by atoms with Gasteiger partial charge in [0.1, 0.15) is 0 Å². The average Bonchev–Trinajstić information content (AvgIpc) is 2.71. The number of hydrogen-bond acceptors (Lipinski definition) is 1. The van der Waals surface area contributed by atoms with Crippen LogP contribution in [-0.2, 0) is 23.1 Å². The topological polar surface area (TPSA) is 17.1 Å². The van der Waals surface area contributed by atoms with E-state index in [1.54, 1.807) is 0 Å². The first-order chi connectivity index (χ1) is 14.6. The quantitative estimate of drug-likeness (QED) is 0.313. The van der Waals surface area contributed by atoms with Gasteiger partial charge in [0.05, 0.1) is 16.7 Å². The zero-order valence-corrected chi connectivity index (χ0v) is 16.6. The van der Waals surface area contributed by atoms with Crippen LogP contribution >= 0.6 is 7.14 Å². The lowest BCUT2D eigenvalue weighted by molar-refractivity contribution is -0.138. The van der Waals surface area contributed by atoms with E-state index in [9.17, 15) is 44.1 Å². The largest absolute Gasteiger partial charge is 0.416 e. The van der Waals surface area contributed by atoms with Crippen molar-refractivity contribution in [3.63, 3.8) is 0 Å². The molecule has 170 valence electrons. The fourth-order valence-corrected chi connectivity index (χ4v) is 5.83. The second-order valence-corrected chi connectivity index (χ2v) is 9.52. The summed E-state index contributed by atoms with van der Waals surface area (Å²) in [6, 6.07) is 9.03. The summed E-state index contributed by atoms with van der Waals surface area (Å²) in [4.78, 5) is 0. The Kier molecular flexibility index (Phi) is 5.97. The van der Waals surface area contributed by atoms with Crippen molar-refractivity contribution in [3.05, 3.63) is 89.5 Å². The van der Waals surface area contributed by atoms with Gasteiger partial charge < -0.3 is 4.57 Å². The molecule has 0 amide bonds. The fraction of sp³-hybridized carbons (Fsp3) is 0.143. The molecule has 0 saturated carbocycles. The predicted molar refractivity (Wildman–Crippen MR) is 101 cm³/mol. The molecule has 0 heterocycles. The summed E-state index contributed by atoms with van der Waals surface area (Å²) in [6.07, 6.45) is -14.6. The molecule has 0 radical (unpaired) electrons. The summed E-state index contributed by atoms with van der Waals surface area (Å²) in [6.45, 7) is 0. The maximum atomic E-state index is 14.2. The van der Waals surface area contributed by atoms with Crippen LogP contribution in [0.2, 0.25) is 0 Å². The molecule has 0 spiro atoms. The van der Waals surface area contributed by atoms with Crippen LogP contribution in [0, 0.1) is 0 Å². The maximum Gasteiger partial charge on any atom is 0.416 e. The van der Waals surface area contributed by atoms with Gasteiger partial charge in [-0.2, -0.15) is 39.5 Å². The molecule has 0 atom stereocenters. The minimum atomic E-state index is -4.87. The standard InChI is InChI=1S/C21H12F9OP/c22-19(23,24)13-4-1-7-16(10-13)32(31,17-8-2-5-14(11-17)20(25,26)27)18-9-3-6-15(12-18)21(28,29)30/h1-12H. The monoisotopic (exact) mass is 482 g/mol. The van der Waals surface area contributed by atoms with Crippen molar-refractivity contribution in [1.29, 1.82) is 0 Å². The van der Waals surface area contributed by atoms with Gasteiger partial charge in [0.15, 0.2) is 7.14 Å². The molecule has 0 bridgehead atoms. The van der Waals surface area contributed by atoms with Gasteiger partial charge in [0, 0.05) is 15.9 Å².